The summed E-state index contributed by atoms with van der Waals surface area (Å²) in [6, 6.07) is 11.3. The zero-order valence-corrected chi connectivity index (χ0v) is 21.9. The first kappa shape index (κ1) is 24.4. The average molecular weight is 531 g/mol. The fourth-order valence-corrected chi connectivity index (χ4v) is 5.49. The van der Waals surface area contributed by atoms with Gasteiger partial charge in [-0.3, -0.25) is 10.1 Å². The van der Waals surface area contributed by atoms with Crippen molar-refractivity contribution in [1.29, 1.82) is 0 Å². The number of pyridine rings is 1. The maximum absolute atomic E-state index is 12.5. The summed E-state index contributed by atoms with van der Waals surface area (Å²) in [5, 5.41) is 16.8. The highest BCUT2D eigenvalue weighted by atomic mass is 32.1. The van der Waals surface area contributed by atoms with Crippen LogP contribution in [0.2, 0.25) is 0 Å². The second kappa shape index (κ2) is 10.4. The number of benzene rings is 1. The van der Waals surface area contributed by atoms with Gasteiger partial charge in [0.05, 0.1) is 5.69 Å². The predicted molar refractivity (Wildman–Crippen MR) is 145 cm³/mol. The number of hydrogen-bond acceptors (Lipinski definition) is 9. The number of carbonyl (C=O) groups excluding carboxylic acids is 2. The highest BCUT2D eigenvalue weighted by molar-refractivity contribution is 7.17. The minimum absolute atomic E-state index is 0.119. The van der Waals surface area contributed by atoms with Crippen molar-refractivity contribution in [2.75, 3.05) is 11.9 Å². The molecule has 4 aromatic heterocycles. The smallest absolute Gasteiger partial charge is 0.320 e. The van der Waals surface area contributed by atoms with Crippen molar-refractivity contribution in [3.63, 3.8) is 0 Å². The number of nitrogens with zero attached hydrogens (tertiary/aromatic N) is 6. The van der Waals surface area contributed by atoms with Crippen LogP contribution in [0.15, 0.2) is 54.3 Å². The van der Waals surface area contributed by atoms with Crippen LogP contribution < -0.4 is 10.6 Å². The Balaban J connectivity index is 1.64. The van der Waals surface area contributed by atoms with Crippen LogP contribution in [0.4, 0.5) is 10.6 Å². The molecule has 2 N–H and O–H groups in total. The summed E-state index contributed by atoms with van der Waals surface area (Å²) >= 11 is 2.74. The lowest BCUT2D eigenvalue weighted by Gasteiger charge is -2.09. The van der Waals surface area contributed by atoms with E-state index < -0.39 is 0 Å². The highest BCUT2D eigenvalue weighted by Gasteiger charge is 2.24. The number of hydrogen-bond donors (Lipinski definition) is 2. The summed E-state index contributed by atoms with van der Waals surface area (Å²) in [6.07, 6.45) is 3.21. The Bertz CT molecular complexity index is 1590. The molecule has 0 bridgehead atoms. The van der Waals surface area contributed by atoms with Gasteiger partial charge in [-0.25, -0.2) is 19.7 Å². The molecule has 0 aliphatic rings. The molecule has 0 aliphatic heterocycles. The molecule has 0 aliphatic carbocycles. The third-order valence-corrected chi connectivity index (χ3v) is 7.45. The Morgan fingerprint density at radius 1 is 1.08 bits per heavy atom. The van der Waals surface area contributed by atoms with Crippen LogP contribution in [0.25, 0.3) is 43.9 Å². The van der Waals surface area contributed by atoms with Gasteiger partial charge in [0.15, 0.2) is 11.6 Å². The molecule has 5 rings (SSSR count). The molecule has 0 spiro atoms. The van der Waals surface area contributed by atoms with Gasteiger partial charge in [0.1, 0.15) is 32.7 Å². The monoisotopic (exact) mass is 530 g/mol. The molecule has 0 saturated carbocycles. The van der Waals surface area contributed by atoms with Gasteiger partial charge in [-0.2, -0.15) is 0 Å². The van der Waals surface area contributed by atoms with Gasteiger partial charge in [0.25, 0.3) is 0 Å². The molecule has 12 heteroatoms. The SMILES string of the molecule is CCNC(=O)Nc1cc(-c2nc(-c3ccccc3)cs2)c(-c2nc(-c3nncn3C)c(C(C)=O)s2)cn1. The molecule has 186 valence electrons. The fraction of sp³-hybridized carbons (Fsp3) is 0.160. The Hall–Kier alpha value is -4.29. The molecule has 0 saturated heterocycles. The van der Waals surface area contributed by atoms with E-state index in [1.165, 1.54) is 29.6 Å². The molecule has 2 amide bonds. The molecular formula is C25H22N8O2S2. The van der Waals surface area contributed by atoms with Gasteiger partial charge in [-0.15, -0.1) is 32.9 Å². The van der Waals surface area contributed by atoms with Crippen LogP contribution in [-0.2, 0) is 7.05 Å². The van der Waals surface area contributed by atoms with Crippen molar-refractivity contribution >= 4 is 40.3 Å². The number of aromatic nitrogens is 6. The lowest BCUT2D eigenvalue weighted by molar-refractivity contribution is 0.102. The van der Waals surface area contributed by atoms with Gasteiger partial charge in [-0.1, -0.05) is 30.3 Å². The number of nitrogens with one attached hydrogen (secondary N) is 2. The fourth-order valence-electron chi connectivity index (χ4n) is 3.65. The number of amides is 2. The van der Waals surface area contributed by atoms with Crippen LogP contribution in [0, 0.1) is 0 Å². The summed E-state index contributed by atoms with van der Waals surface area (Å²) in [7, 11) is 1.80. The van der Waals surface area contributed by atoms with E-state index in [2.05, 4.69) is 25.8 Å². The van der Waals surface area contributed by atoms with Crippen molar-refractivity contribution in [2.24, 2.45) is 7.05 Å². The average Bonchev–Trinajstić information content (AvgIpc) is 3.64. The number of rotatable bonds is 7. The maximum atomic E-state index is 12.5. The van der Waals surface area contributed by atoms with Crippen LogP contribution in [-0.4, -0.2) is 48.1 Å². The minimum Gasteiger partial charge on any atom is -0.338 e. The zero-order chi connectivity index (χ0) is 25.9. The van der Waals surface area contributed by atoms with E-state index in [1.54, 1.807) is 30.2 Å². The molecule has 1 aromatic carbocycles. The van der Waals surface area contributed by atoms with Crippen LogP contribution in [0.1, 0.15) is 23.5 Å². The highest BCUT2D eigenvalue weighted by Crippen LogP contribution is 2.40. The Morgan fingerprint density at radius 2 is 1.89 bits per heavy atom. The number of urea groups is 1. The summed E-state index contributed by atoms with van der Waals surface area (Å²) in [6.45, 7) is 3.83. The number of anilines is 1. The molecule has 0 unspecified atom stereocenters. The standard InChI is InChI=1S/C25H22N8O2S2/c1-4-26-25(35)30-19-10-16(23-29-18(12-36-23)15-8-6-5-7-9-15)17(11-27-19)24-31-20(21(37-24)14(2)34)22-32-28-13-33(22)3/h5-13H,4H2,1-3H3,(H2,26,27,30,35). The van der Waals surface area contributed by atoms with Crippen molar-refractivity contribution in [3.05, 3.63) is 59.2 Å². The third-order valence-electron chi connectivity index (χ3n) is 5.39. The zero-order valence-electron chi connectivity index (χ0n) is 20.2. The van der Waals surface area contributed by atoms with Crippen molar-refractivity contribution in [1.82, 2.24) is 35.0 Å². The predicted octanol–water partition coefficient (Wildman–Crippen LogP) is 5.14. The number of thiazole rings is 2. The van der Waals surface area contributed by atoms with E-state index in [0.717, 1.165) is 21.8 Å². The summed E-state index contributed by atoms with van der Waals surface area (Å²) in [5.41, 5.74) is 3.73. The van der Waals surface area contributed by atoms with E-state index in [9.17, 15) is 9.59 Å². The van der Waals surface area contributed by atoms with Gasteiger partial charge in [0.2, 0.25) is 0 Å². The Kier molecular flexibility index (Phi) is 6.84. The van der Waals surface area contributed by atoms with E-state index in [4.69, 9.17) is 9.97 Å². The first-order valence-corrected chi connectivity index (χ1v) is 13.1. The quantitative estimate of drug-likeness (QED) is 0.279. The van der Waals surface area contributed by atoms with Gasteiger partial charge >= 0.3 is 6.03 Å². The maximum Gasteiger partial charge on any atom is 0.320 e. The van der Waals surface area contributed by atoms with Crippen molar-refractivity contribution < 1.29 is 9.59 Å². The molecule has 4 heterocycles. The Labute approximate surface area is 220 Å². The van der Waals surface area contributed by atoms with Crippen LogP contribution >= 0.6 is 22.7 Å². The molecule has 10 nitrogen and oxygen atoms in total. The summed E-state index contributed by atoms with van der Waals surface area (Å²) < 4.78 is 1.72. The van der Waals surface area contributed by atoms with E-state index in [1.807, 2.05) is 42.6 Å². The third kappa shape index (κ3) is 5.01. The topological polar surface area (TPSA) is 128 Å². The van der Waals surface area contributed by atoms with E-state index in [-0.39, 0.29) is 11.8 Å². The van der Waals surface area contributed by atoms with Crippen molar-refractivity contribution in [2.45, 2.75) is 13.8 Å². The van der Waals surface area contributed by atoms with Gasteiger partial charge in [0, 0.05) is 48.8 Å². The van der Waals surface area contributed by atoms with Gasteiger partial charge in [-0.05, 0) is 13.0 Å². The van der Waals surface area contributed by atoms with Crippen LogP contribution in [0.5, 0.6) is 0 Å². The van der Waals surface area contributed by atoms with Crippen molar-refractivity contribution in [3.8, 4) is 43.9 Å². The lowest BCUT2D eigenvalue weighted by Crippen LogP contribution is -2.28. The first-order valence-electron chi connectivity index (χ1n) is 11.4. The molecule has 0 atom stereocenters. The normalized spacial score (nSPS) is 10.9. The minimum atomic E-state index is -0.351. The lowest BCUT2D eigenvalue weighted by atomic mass is 10.1. The number of carbonyl (C=O) groups is 2. The summed E-state index contributed by atoms with van der Waals surface area (Å²) in [5.74, 6) is 0.752. The Morgan fingerprint density at radius 3 is 2.59 bits per heavy atom. The molecule has 5 aromatic rings. The molecular weight excluding hydrogens is 508 g/mol. The molecule has 0 radical (unpaired) electrons. The number of ketones is 1. The second-order valence-electron chi connectivity index (χ2n) is 8.02. The van der Waals surface area contributed by atoms with E-state index >= 15 is 0 Å². The second-order valence-corrected chi connectivity index (χ2v) is 9.88. The van der Waals surface area contributed by atoms with E-state index in [0.29, 0.717) is 39.3 Å². The molecule has 0 fully saturated rings. The largest absolute Gasteiger partial charge is 0.338 e. The van der Waals surface area contributed by atoms with Crippen LogP contribution in [0.3, 0.4) is 0 Å². The summed E-state index contributed by atoms with van der Waals surface area (Å²) in [4.78, 5) is 39.2. The molecule has 37 heavy (non-hydrogen) atoms. The first-order chi connectivity index (χ1) is 17.9. The van der Waals surface area contributed by atoms with Gasteiger partial charge < -0.3 is 9.88 Å². The number of Topliss-reactive ketones (excluding diaryl/α,β-unsaturated/α-hetero) is 1. The number of aryl methyl sites for hydroxylation is 1.